The first-order chi connectivity index (χ1) is 7.02. The third-order valence-corrected chi connectivity index (χ3v) is 3.72. The topological polar surface area (TPSA) is 18.5 Å². The van der Waals surface area contributed by atoms with Crippen molar-refractivity contribution in [3.8, 4) is 0 Å². The lowest BCUT2D eigenvalue weighted by Crippen LogP contribution is -2.42. The Kier molecular flexibility index (Phi) is 4.35. The monoisotopic (exact) mass is 212 g/mol. The highest BCUT2D eigenvalue weighted by Crippen LogP contribution is 2.36. The van der Waals surface area contributed by atoms with Crippen molar-refractivity contribution in [2.45, 2.75) is 39.9 Å². The molecule has 0 spiro atoms. The second-order valence-corrected chi connectivity index (χ2v) is 4.87. The van der Waals surface area contributed by atoms with Gasteiger partial charge in [0.2, 0.25) is 0 Å². The van der Waals surface area contributed by atoms with Crippen LogP contribution in [0.4, 0.5) is 0 Å². The van der Waals surface area contributed by atoms with Gasteiger partial charge < -0.3 is 9.47 Å². The molecule has 0 aromatic carbocycles. The summed E-state index contributed by atoms with van der Waals surface area (Å²) in [7, 11) is 3.53. The van der Waals surface area contributed by atoms with Gasteiger partial charge in [0, 0.05) is 14.2 Å². The molecule has 15 heavy (non-hydrogen) atoms. The Labute approximate surface area is 93.7 Å². The Bertz CT molecular complexity index is 233. The molecule has 1 aliphatic rings. The minimum absolute atomic E-state index is 0.110. The van der Waals surface area contributed by atoms with Crippen molar-refractivity contribution >= 4 is 0 Å². The molecule has 0 N–H and O–H groups in total. The molecular weight excluding hydrogens is 188 g/mol. The summed E-state index contributed by atoms with van der Waals surface area (Å²) in [6.07, 6.45) is 2.55. The average molecular weight is 212 g/mol. The number of ether oxygens (including phenoxy) is 2. The summed E-state index contributed by atoms with van der Waals surface area (Å²) in [4.78, 5) is 0. The minimum Gasteiger partial charge on any atom is -0.378 e. The number of methoxy groups -OCH3 is 2. The fraction of sp³-hybridized carbons (Fsp3) is 0.846. The van der Waals surface area contributed by atoms with Crippen molar-refractivity contribution in [1.29, 1.82) is 0 Å². The molecule has 1 aliphatic carbocycles. The van der Waals surface area contributed by atoms with Gasteiger partial charge >= 0.3 is 0 Å². The first-order valence-corrected chi connectivity index (χ1v) is 5.80. The summed E-state index contributed by atoms with van der Waals surface area (Å²) in [5.41, 5.74) is 1.50. The van der Waals surface area contributed by atoms with E-state index in [1.54, 1.807) is 14.2 Å². The molecule has 0 heterocycles. The smallest absolute Gasteiger partial charge is 0.102 e. The third-order valence-electron chi connectivity index (χ3n) is 3.72. The molecular formula is C13H24O2. The van der Waals surface area contributed by atoms with Crippen molar-refractivity contribution in [1.82, 2.24) is 0 Å². The van der Waals surface area contributed by atoms with Crippen LogP contribution < -0.4 is 0 Å². The quantitative estimate of drug-likeness (QED) is 0.670. The van der Waals surface area contributed by atoms with Crippen LogP contribution in [0.5, 0.6) is 0 Å². The lowest BCUT2D eigenvalue weighted by molar-refractivity contribution is -0.0566. The third kappa shape index (κ3) is 2.43. The maximum atomic E-state index is 5.54. The molecule has 0 radical (unpaired) electrons. The van der Waals surface area contributed by atoms with E-state index in [9.17, 15) is 0 Å². The van der Waals surface area contributed by atoms with Crippen molar-refractivity contribution in [3.05, 3.63) is 11.6 Å². The van der Waals surface area contributed by atoms with Gasteiger partial charge in [-0.25, -0.2) is 0 Å². The normalized spacial score (nSPS) is 36.9. The highest BCUT2D eigenvalue weighted by Gasteiger charge is 2.36. The number of hydrogen-bond donors (Lipinski definition) is 0. The molecule has 0 saturated heterocycles. The van der Waals surface area contributed by atoms with Gasteiger partial charge in [0.15, 0.2) is 0 Å². The van der Waals surface area contributed by atoms with Crippen LogP contribution in [0, 0.1) is 17.8 Å². The number of rotatable bonds is 3. The summed E-state index contributed by atoms with van der Waals surface area (Å²) in [5, 5.41) is 0. The van der Waals surface area contributed by atoms with Crippen molar-refractivity contribution < 1.29 is 9.47 Å². The zero-order valence-corrected chi connectivity index (χ0v) is 10.8. The first-order valence-electron chi connectivity index (χ1n) is 5.80. The fourth-order valence-corrected chi connectivity index (χ4v) is 2.59. The van der Waals surface area contributed by atoms with Gasteiger partial charge in [-0.15, -0.1) is 0 Å². The lowest BCUT2D eigenvalue weighted by Gasteiger charge is -2.39. The number of allylic oxidation sites excluding steroid dienone is 1. The Morgan fingerprint density at radius 3 is 2.13 bits per heavy atom. The van der Waals surface area contributed by atoms with Crippen LogP contribution in [-0.2, 0) is 9.47 Å². The summed E-state index contributed by atoms with van der Waals surface area (Å²) in [5.74, 6) is 1.70. The molecule has 4 atom stereocenters. The van der Waals surface area contributed by atoms with Crippen molar-refractivity contribution in [2.24, 2.45) is 17.8 Å². The first kappa shape index (κ1) is 12.7. The summed E-state index contributed by atoms with van der Waals surface area (Å²) in [6.45, 7) is 9.03. The van der Waals surface area contributed by atoms with E-state index in [0.717, 1.165) is 0 Å². The molecule has 0 bridgehead atoms. The van der Waals surface area contributed by atoms with E-state index in [4.69, 9.17) is 9.47 Å². The van der Waals surface area contributed by atoms with Gasteiger partial charge in [-0.05, 0) is 17.8 Å². The van der Waals surface area contributed by atoms with Crippen LogP contribution >= 0.6 is 0 Å². The van der Waals surface area contributed by atoms with Gasteiger partial charge in [0.05, 0.1) is 6.10 Å². The molecule has 0 amide bonds. The molecule has 0 aliphatic heterocycles. The molecule has 88 valence electrons. The Morgan fingerprint density at radius 1 is 1.13 bits per heavy atom. The van der Waals surface area contributed by atoms with Crippen LogP contribution in [-0.4, -0.2) is 26.4 Å². The predicted octanol–water partition coefficient (Wildman–Crippen LogP) is 2.88. The maximum absolute atomic E-state index is 5.54. The standard InChI is InChI=1S/C13H24O2/c1-8(2)11-7-12(14-5)13(15-6)10(4)9(11)3/h7-10,12-13H,1-6H3. The second kappa shape index (κ2) is 5.13. The molecule has 2 nitrogen and oxygen atoms in total. The van der Waals surface area contributed by atoms with Gasteiger partial charge in [0.25, 0.3) is 0 Å². The molecule has 0 saturated carbocycles. The molecule has 0 aromatic heterocycles. The van der Waals surface area contributed by atoms with Crippen molar-refractivity contribution in [2.75, 3.05) is 14.2 Å². The summed E-state index contributed by atoms with van der Waals surface area (Å²) in [6, 6.07) is 0. The Hall–Kier alpha value is -0.340. The van der Waals surface area contributed by atoms with Gasteiger partial charge in [-0.2, -0.15) is 0 Å². The zero-order valence-electron chi connectivity index (χ0n) is 10.8. The van der Waals surface area contributed by atoms with E-state index in [0.29, 0.717) is 17.8 Å². The highest BCUT2D eigenvalue weighted by atomic mass is 16.5. The van der Waals surface area contributed by atoms with Gasteiger partial charge in [0.1, 0.15) is 6.10 Å². The Morgan fingerprint density at radius 2 is 1.73 bits per heavy atom. The second-order valence-electron chi connectivity index (χ2n) is 4.87. The Balaban J connectivity index is 2.96. The maximum Gasteiger partial charge on any atom is 0.102 e. The zero-order chi connectivity index (χ0) is 11.6. The minimum atomic E-state index is 0.110. The van der Waals surface area contributed by atoms with Crippen LogP contribution in [0.15, 0.2) is 11.6 Å². The molecule has 0 fully saturated rings. The molecule has 0 aromatic rings. The summed E-state index contributed by atoms with van der Waals surface area (Å²) >= 11 is 0. The van der Waals surface area contributed by atoms with E-state index >= 15 is 0 Å². The van der Waals surface area contributed by atoms with E-state index in [1.807, 2.05) is 0 Å². The predicted molar refractivity (Wildman–Crippen MR) is 62.8 cm³/mol. The molecule has 4 unspecified atom stereocenters. The van der Waals surface area contributed by atoms with E-state index in [2.05, 4.69) is 33.8 Å². The van der Waals surface area contributed by atoms with E-state index in [1.165, 1.54) is 5.57 Å². The van der Waals surface area contributed by atoms with Gasteiger partial charge in [-0.3, -0.25) is 0 Å². The summed E-state index contributed by atoms with van der Waals surface area (Å²) < 4.78 is 11.0. The van der Waals surface area contributed by atoms with E-state index in [-0.39, 0.29) is 12.2 Å². The molecule has 1 rings (SSSR count). The van der Waals surface area contributed by atoms with Crippen LogP contribution in [0.3, 0.4) is 0 Å². The number of hydrogen-bond acceptors (Lipinski definition) is 2. The van der Waals surface area contributed by atoms with E-state index < -0.39 is 0 Å². The van der Waals surface area contributed by atoms with Crippen LogP contribution in [0.25, 0.3) is 0 Å². The lowest BCUT2D eigenvalue weighted by atomic mass is 9.74. The van der Waals surface area contributed by atoms with Crippen LogP contribution in [0.2, 0.25) is 0 Å². The van der Waals surface area contributed by atoms with Gasteiger partial charge in [-0.1, -0.05) is 39.3 Å². The largest absolute Gasteiger partial charge is 0.378 e. The average Bonchev–Trinajstić information content (AvgIpc) is 2.21. The van der Waals surface area contributed by atoms with Crippen molar-refractivity contribution in [3.63, 3.8) is 0 Å². The SMILES string of the molecule is COC1C=C(C(C)C)C(C)C(C)C1OC. The van der Waals surface area contributed by atoms with Crippen LogP contribution in [0.1, 0.15) is 27.7 Å². The molecule has 2 heteroatoms. The highest BCUT2D eigenvalue weighted by molar-refractivity contribution is 5.18. The fourth-order valence-electron chi connectivity index (χ4n) is 2.59.